The molecule has 0 spiro atoms. The Morgan fingerprint density at radius 3 is 2.57 bits per heavy atom. The van der Waals surface area contributed by atoms with Gasteiger partial charge in [0.15, 0.2) is 0 Å². The van der Waals surface area contributed by atoms with Crippen LogP contribution >= 0.6 is 0 Å². The molecule has 0 saturated heterocycles. The number of nitrogens with one attached hydrogen (secondary N) is 1. The lowest BCUT2D eigenvalue weighted by molar-refractivity contribution is 0.409. The molecule has 154 valence electrons. The SMILES string of the molecule is Cc1cc(CCC#N)cc(Oc2c(C(C)C)c(=O)[nH]c(=O)n2Cc2ccncc2)c1. The first-order valence-electron chi connectivity index (χ1n) is 9.80. The van der Waals surface area contributed by atoms with Gasteiger partial charge in [-0.25, -0.2) is 4.79 Å². The molecule has 0 amide bonds. The Morgan fingerprint density at radius 2 is 1.90 bits per heavy atom. The average molecular weight is 404 g/mol. The van der Waals surface area contributed by atoms with Gasteiger partial charge in [0.2, 0.25) is 5.88 Å². The Morgan fingerprint density at radius 1 is 1.17 bits per heavy atom. The fourth-order valence-corrected chi connectivity index (χ4v) is 3.34. The van der Waals surface area contributed by atoms with Crippen LogP contribution in [0.1, 0.15) is 48.4 Å². The van der Waals surface area contributed by atoms with Gasteiger partial charge in [-0.05, 0) is 60.2 Å². The maximum Gasteiger partial charge on any atom is 0.331 e. The second-order valence-corrected chi connectivity index (χ2v) is 7.49. The molecule has 0 aliphatic heterocycles. The van der Waals surface area contributed by atoms with Crippen LogP contribution in [0.25, 0.3) is 0 Å². The first-order valence-corrected chi connectivity index (χ1v) is 9.80. The Kier molecular flexibility index (Phi) is 6.48. The predicted octanol–water partition coefficient (Wildman–Crippen LogP) is 3.66. The molecular formula is C23H24N4O3. The average Bonchev–Trinajstić information content (AvgIpc) is 2.69. The number of aryl methyl sites for hydroxylation is 2. The highest BCUT2D eigenvalue weighted by Gasteiger charge is 2.20. The molecule has 0 bridgehead atoms. The second kappa shape index (κ2) is 9.23. The van der Waals surface area contributed by atoms with Gasteiger partial charge in [0, 0.05) is 18.8 Å². The molecule has 2 heterocycles. The Balaban J connectivity index is 2.13. The van der Waals surface area contributed by atoms with E-state index in [4.69, 9.17) is 10.00 Å². The number of rotatable bonds is 7. The van der Waals surface area contributed by atoms with E-state index < -0.39 is 11.2 Å². The lowest BCUT2D eigenvalue weighted by Crippen LogP contribution is -2.34. The molecule has 7 heteroatoms. The molecule has 2 aromatic heterocycles. The quantitative estimate of drug-likeness (QED) is 0.648. The van der Waals surface area contributed by atoms with E-state index in [1.54, 1.807) is 12.4 Å². The number of ether oxygens (including phenoxy) is 1. The summed E-state index contributed by atoms with van der Waals surface area (Å²) in [7, 11) is 0. The number of benzene rings is 1. The van der Waals surface area contributed by atoms with Crippen LogP contribution in [0.3, 0.4) is 0 Å². The van der Waals surface area contributed by atoms with Gasteiger partial charge in [-0.15, -0.1) is 0 Å². The van der Waals surface area contributed by atoms with Crippen LogP contribution in [0, 0.1) is 18.3 Å². The van der Waals surface area contributed by atoms with Gasteiger partial charge >= 0.3 is 5.69 Å². The van der Waals surface area contributed by atoms with Crippen LogP contribution in [-0.4, -0.2) is 14.5 Å². The third-order valence-electron chi connectivity index (χ3n) is 4.70. The van der Waals surface area contributed by atoms with Crippen molar-refractivity contribution in [2.24, 2.45) is 0 Å². The molecule has 0 radical (unpaired) electrons. The number of H-pyrrole nitrogens is 1. The van der Waals surface area contributed by atoms with E-state index in [-0.39, 0.29) is 18.3 Å². The van der Waals surface area contributed by atoms with E-state index in [1.165, 1.54) is 4.57 Å². The first-order chi connectivity index (χ1) is 14.4. The number of pyridine rings is 1. The summed E-state index contributed by atoms with van der Waals surface area (Å²) in [6, 6.07) is 11.4. The summed E-state index contributed by atoms with van der Waals surface area (Å²) in [5, 5.41) is 8.87. The summed E-state index contributed by atoms with van der Waals surface area (Å²) in [6.07, 6.45) is 4.30. The van der Waals surface area contributed by atoms with Crippen LogP contribution < -0.4 is 16.0 Å². The molecule has 1 N–H and O–H groups in total. The van der Waals surface area contributed by atoms with Gasteiger partial charge < -0.3 is 4.74 Å². The van der Waals surface area contributed by atoms with E-state index in [9.17, 15) is 9.59 Å². The second-order valence-electron chi connectivity index (χ2n) is 7.49. The first kappa shape index (κ1) is 21.1. The van der Waals surface area contributed by atoms with Crippen molar-refractivity contribution in [2.75, 3.05) is 0 Å². The maximum atomic E-state index is 12.7. The number of hydrogen-bond acceptors (Lipinski definition) is 5. The maximum absolute atomic E-state index is 12.7. The van der Waals surface area contributed by atoms with Gasteiger partial charge in [0.25, 0.3) is 5.56 Å². The van der Waals surface area contributed by atoms with Gasteiger partial charge in [-0.1, -0.05) is 19.9 Å². The fraction of sp³-hybridized carbons (Fsp3) is 0.304. The highest BCUT2D eigenvalue weighted by molar-refractivity contribution is 5.39. The van der Waals surface area contributed by atoms with Crippen LogP contribution in [0.4, 0.5) is 0 Å². The zero-order chi connectivity index (χ0) is 21.7. The van der Waals surface area contributed by atoms with E-state index in [0.29, 0.717) is 24.2 Å². The molecule has 0 saturated carbocycles. The van der Waals surface area contributed by atoms with Crippen molar-refractivity contribution in [3.05, 3.63) is 85.8 Å². The van der Waals surface area contributed by atoms with Gasteiger partial charge in [-0.2, -0.15) is 5.26 Å². The van der Waals surface area contributed by atoms with Crippen LogP contribution in [0.2, 0.25) is 0 Å². The lowest BCUT2D eigenvalue weighted by Gasteiger charge is -2.19. The predicted molar refractivity (Wildman–Crippen MR) is 114 cm³/mol. The molecule has 0 aliphatic rings. The molecule has 3 aromatic rings. The van der Waals surface area contributed by atoms with Crippen LogP contribution in [-0.2, 0) is 13.0 Å². The summed E-state index contributed by atoms with van der Waals surface area (Å²) in [6.45, 7) is 5.94. The number of nitrogens with zero attached hydrogens (tertiary/aromatic N) is 3. The molecule has 0 atom stereocenters. The highest BCUT2D eigenvalue weighted by Crippen LogP contribution is 2.29. The number of aromatic amines is 1. The highest BCUT2D eigenvalue weighted by atomic mass is 16.5. The zero-order valence-electron chi connectivity index (χ0n) is 17.3. The summed E-state index contributed by atoms with van der Waals surface area (Å²) >= 11 is 0. The Labute approximate surface area is 174 Å². The molecular weight excluding hydrogens is 380 g/mol. The number of aromatic nitrogens is 3. The van der Waals surface area contributed by atoms with Crippen molar-refractivity contribution < 1.29 is 4.74 Å². The van der Waals surface area contributed by atoms with Crippen molar-refractivity contribution >= 4 is 0 Å². The molecule has 0 unspecified atom stereocenters. The summed E-state index contributed by atoms with van der Waals surface area (Å²) in [5.74, 6) is 0.599. The monoisotopic (exact) mass is 404 g/mol. The lowest BCUT2D eigenvalue weighted by atomic mass is 10.1. The normalized spacial score (nSPS) is 10.8. The van der Waals surface area contributed by atoms with Crippen molar-refractivity contribution in [2.45, 2.75) is 46.1 Å². The van der Waals surface area contributed by atoms with Crippen molar-refractivity contribution in [1.82, 2.24) is 14.5 Å². The Bertz CT molecular complexity index is 1190. The van der Waals surface area contributed by atoms with Crippen LogP contribution in [0.15, 0.2) is 52.3 Å². The summed E-state index contributed by atoms with van der Waals surface area (Å²) in [5.41, 5.74) is 2.22. The Hall–Kier alpha value is -3.66. The van der Waals surface area contributed by atoms with Gasteiger partial charge in [0.1, 0.15) is 5.75 Å². The number of nitriles is 1. The zero-order valence-corrected chi connectivity index (χ0v) is 17.3. The van der Waals surface area contributed by atoms with Crippen molar-refractivity contribution in [3.63, 3.8) is 0 Å². The minimum Gasteiger partial charge on any atom is -0.440 e. The molecule has 30 heavy (non-hydrogen) atoms. The third-order valence-corrected chi connectivity index (χ3v) is 4.70. The summed E-state index contributed by atoms with van der Waals surface area (Å²) in [4.78, 5) is 31.7. The van der Waals surface area contributed by atoms with E-state index in [1.807, 2.05) is 51.1 Å². The molecule has 0 aliphatic carbocycles. The third kappa shape index (κ3) is 4.84. The molecule has 1 aromatic carbocycles. The molecule has 7 nitrogen and oxygen atoms in total. The standard InChI is InChI=1S/C23H24N4O3/c1-15(2)20-21(28)26-23(29)27(14-17-6-9-25-10-7-17)22(20)30-19-12-16(3)11-18(13-19)5-4-8-24/h6-7,9-13,15H,4-5,14H2,1-3H3,(H,26,28,29). The smallest absolute Gasteiger partial charge is 0.331 e. The van der Waals surface area contributed by atoms with E-state index in [2.05, 4.69) is 16.0 Å². The van der Waals surface area contributed by atoms with Crippen molar-refractivity contribution in [3.8, 4) is 17.7 Å². The topological polar surface area (TPSA) is 101 Å². The van der Waals surface area contributed by atoms with Gasteiger partial charge in [-0.3, -0.25) is 19.3 Å². The number of hydrogen-bond donors (Lipinski definition) is 1. The van der Waals surface area contributed by atoms with E-state index >= 15 is 0 Å². The molecule has 3 rings (SSSR count). The van der Waals surface area contributed by atoms with Gasteiger partial charge in [0.05, 0.1) is 18.2 Å². The minimum absolute atomic E-state index is 0.157. The largest absolute Gasteiger partial charge is 0.440 e. The van der Waals surface area contributed by atoms with Crippen LogP contribution in [0.5, 0.6) is 11.6 Å². The van der Waals surface area contributed by atoms with E-state index in [0.717, 1.165) is 16.7 Å². The minimum atomic E-state index is -0.534. The molecule has 0 fully saturated rings. The summed E-state index contributed by atoms with van der Waals surface area (Å²) < 4.78 is 7.62. The van der Waals surface area contributed by atoms with Crippen molar-refractivity contribution in [1.29, 1.82) is 5.26 Å². The fourth-order valence-electron chi connectivity index (χ4n) is 3.34.